The van der Waals surface area contributed by atoms with Crippen molar-refractivity contribution in [1.82, 2.24) is 15.6 Å². The Morgan fingerprint density at radius 2 is 2.00 bits per heavy atom. The molecule has 2 fully saturated rings. The number of amides is 2. The number of aliphatic hydroxyl groups is 1. The van der Waals surface area contributed by atoms with Crippen LogP contribution in [0.3, 0.4) is 0 Å². The van der Waals surface area contributed by atoms with Gasteiger partial charge in [0.15, 0.2) is 0 Å². The molecule has 0 aliphatic heterocycles. The van der Waals surface area contributed by atoms with Crippen molar-refractivity contribution in [2.75, 3.05) is 0 Å². The largest absolute Gasteiger partial charge is 0.392 e. The van der Waals surface area contributed by atoms with Gasteiger partial charge in [-0.25, -0.2) is 4.39 Å². The average molecular weight is 482 g/mol. The van der Waals surface area contributed by atoms with E-state index < -0.39 is 11.9 Å². The molecule has 2 amide bonds. The maximum atomic E-state index is 13.6. The Morgan fingerprint density at radius 1 is 1.23 bits per heavy atom. The van der Waals surface area contributed by atoms with Gasteiger partial charge >= 0.3 is 0 Å². The third kappa shape index (κ3) is 5.40. The van der Waals surface area contributed by atoms with E-state index in [9.17, 15) is 19.1 Å². The minimum atomic E-state index is -0.642. The van der Waals surface area contributed by atoms with Crippen LogP contribution in [0.1, 0.15) is 62.4 Å². The van der Waals surface area contributed by atoms with Gasteiger partial charge in [0, 0.05) is 36.5 Å². The zero-order valence-electron chi connectivity index (χ0n) is 20.7. The van der Waals surface area contributed by atoms with Crippen LogP contribution in [0, 0.1) is 34.9 Å². The first kappa shape index (κ1) is 25.3. The fourth-order valence-corrected chi connectivity index (χ4v) is 6.43. The van der Waals surface area contributed by atoms with Crippen LogP contribution in [0.25, 0.3) is 0 Å². The molecule has 188 valence electrons. The van der Waals surface area contributed by atoms with E-state index in [1.165, 1.54) is 18.2 Å². The number of nitrogens with one attached hydrogen (secondary N) is 2. The topological polar surface area (TPSA) is 91.3 Å². The molecule has 2 aliphatic carbocycles. The predicted molar refractivity (Wildman–Crippen MR) is 132 cm³/mol. The van der Waals surface area contributed by atoms with Gasteiger partial charge in [-0.15, -0.1) is 0 Å². The lowest BCUT2D eigenvalue weighted by Gasteiger charge is -2.56. The minimum absolute atomic E-state index is 0.0229. The Bertz CT molecular complexity index is 1050. The maximum absolute atomic E-state index is 13.6. The molecule has 1 heterocycles. The quantitative estimate of drug-likeness (QED) is 0.580. The van der Waals surface area contributed by atoms with Gasteiger partial charge in [-0.2, -0.15) is 0 Å². The molecule has 1 unspecified atom stereocenters. The van der Waals surface area contributed by atoms with Gasteiger partial charge < -0.3 is 15.7 Å². The molecule has 0 bridgehead atoms. The first-order chi connectivity index (χ1) is 16.7. The lowest BCUT2D eigenvalue weighted by molar-refractivity contribution is -0.142. The molecule has 35 heavy (non-hydrogen) atoms. The lowest BCUT2D eigenvalue weighted by Crippen LogP contribution is -2.58. The number of nitrogens with zero attached hydrogens (tertiary/aromatic N) is 1. The highest BCUT2D eigenvalue weighted by Gasteiger charge is 2.53. The molecule has 0 saturated heterocycles. The van der Waals surface area contributed by atoms with E-state index in [-0.39, 0.29) is 46.9 Å². The number of pyridine rings is 1. The Hall–Kier alpha value is -2.80. The summed E-state index contributed by atoms with van der Waals surface area (Å²) in [5.74, 6) is -1.31. The van der Waals surface area contributed by atoms with Crippen LogP contribution in [0.2, 0.25) is 0 Å². The second kappa shape index (κ2) is 10.4. The molecule has 1 aromatic carbocycles. The highest BCUT2D eigenvalue weighted by Crippen LogP contribution is 2.55. The van der Waals surface area contributed by atoms with Crippen molar-refractivity contribution in [2.24, 2.45) is 29.1 Å². The van der Waals surface area contributed by atoms with Crippen LogP contribution in [-0.2, 0) is 11.3 Å². The van der Waals surface area contributed by atoms with Crippen LogP contribution in [0.4, 0.5) is 4.39 Å². The molecule has 3 N–H and O–H groups in total. The zero-order valence-corrected chi connectivity index (χ0v) is 20.7. The SMILES string of the molecule is C[C@H]1[C@@H]2[C@@H](O)C([C@H](C)C(=O)NCc3cccnc3)CC[C@@]2(C)CC[C@@H]1NC(=O)c1cccc(F)c1. The molecular weight excluding hydrogens is 445 g/mol. The number of aromatic nitrogens is 1. The van der Waals surface area contributed by atoms with Crippen LogP contribution in [0.15, 0.2) is 48.8 Å². The summed E-state index contributed by atoms with van der Waals surface area (Å²) >= 11 is 0. The van der Waals surface area contributed by atoms with E-state index in [0.717, 1.165) is 31.2 Å². The molecule has 0 spiro atoms. The first-order valence-electron chi connectivity index (χ1n) is 12.6. The van der Waals surface area contributed by atoms with E-state index >= 15 is 0 Å². The van der Waals surface area contributed by atoms with Crippen LogP contribution in [0.5, 0.6) is 0 Å². The fourth-order valence-electron chi connectivity index (χ4n) is 6.43. The molecule has 2 aromatic rings. The number of hydrogen-bond donors (Lipinski definition) is 3. The third-order valence-electron chi connectivity index (χ3n) is 8.54. The van der Waals surface area contributed by atoms with Gasteiger partial charge in [0.2, 0.25) is 5.91 Å². The van der Waals surface area contributed by atoms with E-state index in [0.29, 0.717) is 12.1 Å². The smallest absolute Gasteiger partial charge is 0.251 e. The molecule has 4 rings (SSSR count). The second-order valence-corrected chi connectivity index (χ2v) is 10.7. The molecule has 2 aliphatic rings. The molecule has 0 radical (unpaired) electrons. The van der Waals surface area contributed by atoms with Crippen molar-refractivity contribution >= 4 is 11.8 Å². The van der Waals surface area contributed by atoms with Crippen molar-refractivity contribution in [1.29, 1.82) is 0 Å². The van der Waals surface area contributed by atoms with Crippen molar-refractivity contribution in [3.63, 3.8) is 0 Å². The minimum Gasteiger partial charge on any atom is -0.392 e. The van der Waals surface area contributed by atoms with Crippen molar-refractivity contribution < 1.29 is 19.1 Å². The number of carbonyl (C=O) groups is 2. The summed E-state index contributed by atoms with van der Waals surface area (Å²) in [7, 11) is 0. The lowest BCUT2D eigenvalue weighted by atomic mass is 9.51. The van der Waals surface area contributed by atoms with Crippen LogP contribution >= 0.6 is 0 Å². The normalized spacial score (nSPS) is 31.2. The monoisotopic (exact) mass is 481 g/mol. The average Bonchev–Trinajstić information content (AvgIpc) is 2.84. The van der Waals surface area contributed by atoms with Crippen molar-refractivity contribution in [2.45, 2.75) is 65.1 Å². The Labute approximate surface area is 206 Å². The summed E-state index contributed by atoms with van der Waals surface area (Å²) in [4.78, 5) is 29.8. The highest BCUT2D eigenvalue weighted by atomic mass is 19.1. The van der Waals surface area contributed by atoms with Gasteiger partial charge in [-0.3, -0.25) is 14.6 Å². The Balaban J connectivity index is 1.43. The Morgan fingerprint density at radius 3 is 2.71 bits per heavy atom. The number of rotatable bonds is 6. The number of halogens is 1. The molecule has 1 aromatic heterocycles. The van der Waals surface area contributed by atoms with Crippen LogP contribution in [-0.4, -0.2) is 34.1 Å². The number of benzene rings is 1. The van der Waals surface area contributed by atoms with E-state index in [4.69, 9.17) is 0 Å². The van der Waals surface area contributed by atoms with Gasteiger partial charge in [-0.05, 0) is 78.7 Å². The number of carbonyl (C=O) groups excluding carboxylic acids is 2. The number of fused-ring (bicyclic) bond motifs is 1. The van der Waals surface area contributed by atoms with Gasteiger partial charge in [0.1, 0.15) is 5.82 Å². The standard InChI is InChI=1S/C28H36FN3O3/c1-17(26(34)31-16-19-6-5-13-30-15-19)22-9-11-28(3)12-10-23(18(2)24(28)25(22)33)32-27(35)20-7-4-8-21(29)14-20/h4-8,13-15,17-18,22-25,33H,9-12,16H2,1-3H3,(H,31,34)(H,32,35)/t17-,18+,22?,23-,24+,25-,28-/m0/s1. The van der Waals surface area contributed by atoms with Gasteiger partial charge in [0.25, 0.3) is 5.91 Å². The summed E-state index contributed by atoms with van der Waals surface area (Å²) in [6.07, 6.45) is 6.22. The van der Waals surface area contributed by atoms with Gasteiger partial charge in [-0.1, -0.05) is 32.9 Å². The van der Waals surface area contributed by atoms with E-state index in [1.807, 2.05) is 19.1 Å². The molecule has 6 nitrogen and oxygen atoms in total. The highest BCUT2D eigenvalue weighted by molar-refractivity contribution is 5.94. The molecule has 2 saturated carbocycles. The molecule has 7 atom stereocenters. The zero-order chi connectivity index (χ0) is 25.2. The fraction of sp³-hybridized carbons (Fsp3) is 0.536. The predicted octanol–water partition coefficient (Wildman–Crippen LogP) is 4.09. The summed E-state index contributed by atoms with van der Waals surface area (Å²) in [5.41, 5.74) is 1.19. The van der Waals surface area contributed by atoms with E-state index in [2.05, 4.69) is 29.5 Å². The summed E-state index contributed by atoms with van der Waals surface area (Å²) in [5, 5.41) is 17.6. The van der Waals surface area contributed by atoms with E-state index in [1.54, 1.807) is 18.5 Å². The first-order valence-corrected chi connectivity index (χ1v) is 12.6. The molecule has 7 heteroatoms. The van der Waals surface area contributed by atoms with Crippen LogP contribution < -0.4 is 10.6 Å². The number of aliphatic hydroxyl groups excluding tert-OH is 1. The van der Waals surface area contributed by atoms with Crippen molar-refractivity contribution in [3.05, 3.63) is 65.7 Å². The summed E-state index contributed by atoms with van der Waals surface area (Å²) < 4.78 is 13.6. The third-order valence-corrected chi connectivity index (χ3v) is 8.54. The maximum Gasteiger partial charge on any atom is 0.251 e. The van der Waals surface area contributed by atoms with Gasteiger partial charge in [0.05, 0.1) is 6.10 Å². The Kier molecular flexibility index (Phi) is 7.55. The summed E-state index contributed by atoms with van der Waals surface area (Å²) in [6, 6.07) is 9.33. The number of hydrogen-bond acceptors (Lipinski definition) is 4. The molecular formula is C28H36FN3O3. The van der Waals surface area contributed by atoms with Crippen molar-refractivity contribution in [3.8, 4) is 0 Å². The second-order valence-electron chi connectivity index (χ2n) is 10.7. The summed E-state index contributed by atoms with van der Waals surface area (Å²) in [6.45, 7) is 6.61.